The number of unbranched alkanes of at least 4 members (excludes halogenated alkanes) is 1. The zero-order chi connectivity index (χ0) is 40.5. The Bertz CT molecular complexity index is 1980. The van der Waals surface area contributed by atoms with Crippen molar-refractivity contribution in [3.05, 3.63) is 149 Å². The number of carbonyl (C=O) groups excluding carboxylic acids is 3. The van der Waals surface area contributed by atoms with Crippen LogP contribution in [0.3, 0.4) is 0 Å². The third-order valence-electron chi connectivity index (χ3n) is 8.81. The molecule has 1 aromatic heterocycles. The first-order valence-corrected chi connectivity index (χ1v) is 19.1. The Morgan fingerprint density at radius 2 is 1.16 bits per heavy atom. The van der Waals surface area contributed by atoms with Gasteiger partial charge in [-0.25, -0.2) is 14.4 Å². The molecule has 0 aliphatic heterocycles. The average Bonchev–Trinajstić information content (AvgIpc) is 3.62. The van der Waals surface area contributed by atoms with Crippen molar-refractivity contribution in [1.29, 1.82) is 0 Å². The maximum atomic E-state index is 13.4. The van der Waals surface area contributed by atoms with E-state index in [4.69, 9.17) is 18.9 Å². The van der Waals surface area contributed by atoms with E-state index in [-0.39, 0.29) is 13.2 Å². The minimum absolute atomic E-state index is 0.0933. The Morgan fingerprint density at radius 1 is 0.632 bits per heavy atom. The summed E-state index contributed by atoms with van der Waals surface area (Å²) in [6.45, 7) is 6.34. The summed E-state index contributed by atoms with van der Waals surface area (Å²) in [5, 5.41) is 18.2. The van der Waals surface area contributed by atoms with Crippen LogP contribution in [0.4, 0.5) is 14.4 Å². The Balaban J connectivity index is 1.40. The van der Waals surface area contributed by atoms with Gasteiger partial charge in [0.2, 0.25) is 0 Å². The summed E-state index contributed by atoms with van der Waals surface area (Å²) < 4.78 is 24.0. The van der Waals surface area contributed by atoms with Crippen LogP contribution in [0.1, 0.15) is 86.0 Å². The fourth-order valence-corrected chi connectivity index (χ4v) is 6.04. The second-order valence-corrected chi connectivity index (χ2v) is 14.5. The zero-order valence-corrected chi connectivity index (χ0v) is 33.0. The highest BCUT2D eigenvalue weighted by Gasteiger charge is 2.30. The zero-order valence-electron chi connectivity index (χ0n) is 33.0. The highest BCUT2D eigenvalue weighted by molar-refractivity contribution is 5.69. The monoisotopic (exact) mass is 776 g/mol. The molecule has 0 spiro atoms. The molecule has 57 heavy (non-hydrogen) atoms. The van der Waals surface area contributed by atoms with Crippen LogP contribution >= 0.6 is 0 Å². The Kier molecular flexibility index (Phi) is 15.4. The summed E-state index contributed by atoms with van der Waals surface area (Å²) in [6.07, 6.45) is 0.289. The SMILES string of the molecule is COc1ccc(Cn2c([C@H](Cc3ccccc3)NC(=O)OCc3ccccc3)nnc2[C@H](CCCCNC(=O)OCc2ccccc2)NC(=O)OC(C)(C)C)cc1. The number of alkyl carbamates (subject to hydrolysis) is 3. The number of methoxy groups -OCH3 is 1. The van der Waals surface area contributed by atoms with E-state index in [1.165, 1.54) is 0 Å². The lowest BCUT2D eigenvalue weighted by molar-refractivity contribution is 0.0496. The molecule has 0 radical (unpaired) electrons. The molecular formula is C44H52N6O7. The van der Waals surface area contributed by atoms with Crippen LogP contribution in [-0.2, 0) is 40.4 Å². The molecular weight excluding hydrogens is 725 g/mol. The van der Waals surface area contributed by atoms with Crippen molar-refractivity contribution in [2.75, 3.05) is 13.7 Å². The third-order valence-corrected chi connectivity index (χ3v) is 8.81. The molecule has 0 aliphatic carbocycles. The van der Waals surface area contributed by atoms with E-state index in [0.29, 0.717) is 56.2 Å². The molecule has 0 aliphatic rings. The van der Waals surface area contributed by atoms with E-state index in [1.54, 1.807) is 27.9 Å². The van der Waals surface area contributed by atoms with E-state index in [9.17, 15) is 14.4 Å². The number of hydrogen-bond acceptors (Lipinski definition) is 9. The summed E-state index contributed by atoms with van der Waals surface area (Å²) in [7, 11) is 1.61. The van der Waals surface area contributed by atoms with Gasteiger partial charge in [0.1, 0.15) is 24.6 Å². The fourth-order valence-electron chi connectivity index (χ4n) is 6.04. The van der Waals surface area contributed by atoms with Crippen molar-refractivity contribution in [3.63, 3.8) is 0 Å². The first-order valence-electron chi connectivity index (χ1n) is 19.1. The van der Waals surface area contributed by atoms with E-state index >= 15 is 0 Å². The van der Waals surface area contributed by atoms with Gasteiger partial charge < -0.3 is 39.5 Å². The van der Waals surface area contributed by atoms with E-state index in [1.807, 2.05) is 120 Å². The van der Waals surface area contributed by atoms with Gasteiger partial charge >= 0.3 is 18.3 Å². The second kappa shape index (κ2) is 21.1. The Labute approximate surface area is 334 Å². The standard InChI is InChI=1S/C44H52N6O7/c1-44(2,3)57-43(53)46-37(22-14-15-27-45-41(51)55-30-34-18-10-6-11-19-34)39-48-49-40(50(39)29-33-23-25-36(54-4)26-24-33)38(28-32-16-8-5-9-17-32)47-42(52)56-31-35-20-12-7-13-21-35/h5-13,16-21,23-26,37-38H,14-15,22,27-31H2,1-4H3,(H,45,51)(H,46,53)(H,47,52)/t37-,38-/m0/s1. The van der Waals surface area contributed by atoms with Crippen LogP contribution < -0.4 is 20.7 Å². The van der Waals surface area contributed by atoms with Gasteiger partial charge in [-0.15, -0.1) is 10.2 Å². The molecule has 1 heterocycles. The lowest BCUT2D eigenvalue weighted by Crippen LogP contribution is -2.37. The summed E-state index contributed by atoms with van der Waals surface area (Å²) in [5.74, 6) is 1.65. The summed E-state index contributed by atoms with van der Waals surface area (Å²) in [6, 6.07) is 35.0. The highest BCUT2D eigenvalue weighted by Crippen LogP contribution is 2.26. The van der Waals surface area contributed by atoms with Gasteiger partial charge in [0.05, 0.1) is 25.7 Å². The van der Waals surface area contributed by atoms with Gasteiger partial charge in [0, 0.05) is 13.0 Å². The number of hydrogen-bond donors (Lipinski definition) is 3. The first-order chi connectivity index (χ1) is 27.6. The van der Waals surface area contributed by atoms with Gasteiger partial charge in [0.15, 0.2) is 11.6 Å². The van der Waals surface area contributed by atoms with Crippen LogP contribution in [-0.4, -0.2) is 52.3 Å². The molecule has 3 N–H and O–H groups in total. The van der Waals surface area contributed by atoms with Gasteiger partial charge in [-0.05, 0) is 74.4 Å². The number of nitrogens with zero attached hydrogens (tertiary/aromatic N) is 3. The minimum Gasteiger partial charge on any atom is -0.497 e. The van der Waals surface area contributed by atoms with E-state index in [0.717, 1.165) is 22.3 Å². The number of rotatable bonds is 18. The lowest BCUT2D eigenvalue weighted by atomic mass is 10.0. The largest absolute Gasteiger partial charge is 0.497 e. The number of aromatic nitrogens is 3. The van der Waals surface area contributed by atoms with Crippen LogP contribution in [0, 0.1) is 0 Å². The van der Waals surface area contributed by atoms with Gasteiger partial charge in [0.25, 0.3) is 0 Å². The van der Waals surface area contributed by atoms with E-state index in [2.05, 4.69) is 26.1 Å². The molecule has 13 heteroatoms. The topological polar surface area (TPSA) is 155 Å². The number of carbonyl (C=O) groups is 3. The molecule has 5 aromatic rings. The fraction of sp³-hybridized carbons (Fsp3) is 0.341. The number of amides is 3. The normalized spacial score (nSPS) is 12.1. The smallest absolute Gasteiger partial charge is 0.408 e. The van der Waals surface area contributed by atoms with Crippen molar-refractivity contribution < 1.29 is 33.3 Å². The summed E-state index contributed by atoms with van der Waals surface area (Å²) >= 11 is 0. The van der Waals surface area contributed by atoms with Crippen LogP contribution in [0.25, 0.3) is 0 Å². The van der Waals surface area contributed by atoms with Gasteiger partial charge in [-0.3, -0.25) is 0 Å². The number of benzene rings is 4. The molecule has 3 amide bonds. The maximum Gasteiger partial charge on any atom is 0.408 e. The highest BCUT2D eigenvalue weighted by atomic mass is 16.6. The third kappa shape index (κ3) is 14.0. The van der Waals surface area contributed by atoms with Crippen molar-refractivity contribution >= 4 is 18.3 Å². The second-order valence-electron chi connectivity index (χ2n) is 14.5. The maximum absolute atomic E-state index is 13.4. The summed E-state index contributed by atoms with van der Waals surface area (Å²) in [5.41, 5.74) is 2.88. The van der Waals surface area contributed by atoms with Crippen LogP contribution in [0.2, 0.25) is 0 Å². The molecule has 0 saturated carbocycles. The molecule has 13 nitrogen and oxygen atoms in total. The van der Waals surface area contributed by atoms with Crippen molar-refractivity contribution in [3.8, 4) is 5.75 Å². The minimum atomic E-state index is -0.745. The number of ether oxygens (including phenoxy) is 4. The molecule has 0 bridgehead atoms. The van der Waals surface area contributed by atoms with Gasteiger partial charge in [-0.1, -0.05) is 103 Å². The van der Waals surface area contributed by atoms with Crippen molar-refractivity contribution in [2.45, 2.75) is 83.9 Å². The Hall–Kier alpha value is -6.37. The molecule has 2 atom stereocenters. The molecule has 5 rings (SSSR count). The average molecular weight is 777 g/mol. The van der Waals surface area contributed by atoms with Gasteiger partial charge in [-0.2, -0.15) is 0 Å². The molecule has 0 saturated heterocycles. The molecule has 0 fully saturated rings. The number of nitrogens with one attached hydrogen (secondary N) is 3. The van der Waals surface area contributed by atoms with Crippen LogP contribution in [0.5, 0.6) is 5.75 Å². The predicted molar refractivity (Wildman–Crippen MR) is 215 cm³/mol. The quantitative estimate of drug-likeness (QED) is 0.0590. The molecule has 4 aromatic carbocycles. The Morgan fingerprint density at radius 3 is 1.72 bits per heavy atom. The first kappa shape index (κ1) is 41.8. The van der Waals surface area contributed by atoms with Crippen molar-refractivity contribution in [1.82, 2.24) is 30.7 Å². The van der Waals surface area contributed by atoms with Crippen LogP contribution in [0.15, 0.2) is 115 Å². The molecule has 300 valence electrons. The predicted octanol–water partition coefficient (Wildman–Crippen LogP) is 8.21. The molecule has 0 unspecified atom stereocenters. The lowest BCUT2D eigenvalue weighted by Gasteiger charge is -2.25. The van der Waals surface area contributed by atoms with Crippen molar-refractivity contribution in [2.24, 2.45) is 0 Å². The van der Waals surface area contributed by atoms with E-state index < -0.39 is 36.0 Å². The summed E-state index contributed by atoms with van der Waals surface area (Å²) in [4.78, 5) is 39.1.